The van der Waals surface area contributed by atoms with E-state index in [2.05, 4.69) is 11.6 Å². The molecule has 0 heterocycles. The van der Waals surface area contributed by atoms with E-state index < -0.39 is 19.9 Å². The zero-order valence-corrected chi connectivity index (χ0v) is 22.1. The lowest BCUT2D eigenvalue weighted by molar-refractivity contribution is 0.556. The Morgan fingerprint density at radius 2 is 1.37 bits per heavy atom. The van der Waals surface area contributed by atoms with Gasteiger partial charge in [-0.1, -0.05) is 89.0 Å². The first-order valence-corrected chi connectivity index (χ1v) is 15.3. The van der Waals surface area contributed by atoms with Crippen LogP contribution < -0.4 is 4.72 Å². The highest BCUT2D eigenvalue weighted by atomic mass is 32.2. The maximum atomic E-state index is 12.9. The molecule has 0 unspecified atom stereocenters. The zero-order chi connectivity index (χ0) is 25.6. The fraction of sp³-hybridized carbons (Fsp3) is 0.444. The van der Waals surface area contributed by atoms with Crippen molar-refractivity contribution < 1.29 is 16.8 Å². The maximum absolute atomic E-state index is 12.9. The lowest BCUT2D eigenvalue weighted by Gasteiger charge is -2.12. The summed E-state index contributed by atoms with van der Waals surface area (Å²) in [4.78, 5) is -0.156. The first-order valence-electron chi connectivity index (χ1n) is 12.3. The topological polar surface area (TPSA) is 104 Å². The van der Waals surface area contributed by atoms with Crippen molar-refractivity contribution in [2.45, 2.75) is 87.3 Å². The van der Waals surface area contributed by atoms with E-state index in [1.807, 2.05) is 0 Å². The number of unbranched alkanes of at least 4 members (excludes halogenated alkanes) is 9. The standard InChI is InChI=1S/C27H36N2O4S2/c1-2-3-4-5-6-7-8-9-10-11-15-24-18-20-25(21-19-24)35(32,33)29-26-16-12-13-17-27(26)34(30,31)23-14-22-28/h12-14,16-21,23,29H,2-11,15H2,1H3. The summed E-state index contributed by atoms with van der Waals surface area (Å²) in [5.74, 6) is 0. The molecule has 0 radical (unpaired) electrons. The molecule has 0 aromatic heterocycles. The van der Waals surface area contributed by atoms with E-state index in [1.54, 1.807) is 36.4 Å². The smallest absolute Gasteiger partial charge is 0.261 e. The fourth-order valence-corrected chi connectivity index (χ4v) is 6.07. The zero-order valence-electron chi connectivity index (χ0n) is 20.4. The summed E-state index contributed by atoms with van der Waals surface area (Å²) in [7, 11) is -7.95. The number of rotatable bonds is 16. The first kappa shape index (κ1) is 28.6. The molecule has 0 spiro atoms. The quantitative estimate of drug-likeness (QED) is 0.196. The van der Waals surface area contributed by atoms with Gasteiger partial charge in [0.2, 0.25) is 9.84 Å². The van der Waals surface area contributed by atoms with Gasteiger partial charge in [-0.2, -0.15) is 5.26 Å². The number of para-hydroxylation sites is 1. The van der Waals surface area contributed by atoms with Crippen LogP contribution >= 0.6 is 0 Å². The van der Waals surface area contributed by atoms with Crippen LogP contribution in [-0.2, 0) is 26.3 Å². The number of benzene rings is 2. The number of allylic oxidation sites excluding steroid dienone is 1. The molecule has 0 atom stereocenters. The van der Waals surface area contributed by atoms with Crippen LogP contribution in [0.2, 0.25) is 0 Å². The third-order valence-electron chi connectivity index (χ3n) is 5.81. The number of anilines is 1. The van der Waals surface area contributed by atoms with Crippen LogP contribution in [0.1, 0.15) is 76.7 Å². The Balaban J connectivity index is 1.89. The van der Waals surface area contributed by atoms with E-state index >= 15 is 0 Å². The van der Waals surface area contributed by atoms with Gasteiger partial charge in [-0.05, 0) is 42.7 Å². The van der Waals surface area contributed by atoms with Gasteiger partial charge in [-0.15, -0.1) is 0 Å². The van der Waals surface area contributed by atoms with Gasteiger partial charge in [0.1, 0.15) is 0 Å². The van der Waals surface area contributed by atoms with Gasteiger partial charge >= 0.3 is 0 Å². The molecule has 2 aromatic carbocycles. The molecule has 35 heavy (non-hydrogen) atoms. The van der Waals surface area contributed by atoms with E-state index in [9.17, 15) is 16.8 Å². The second-order valence-corrected chi connectivity index (χ2v) is 12.1. The SMILES string of the molecule is CCCCCCCCCCCCc1ccc(S(=O)(=O)Nc2ccccc2S(=O)(=O)C=CC#N)cc1. The fourth-order valence-electron chi connectivity index (χ4n) is 3.85. The summed E-state index contributed by atoms with van der Waals surface area (Å²) in [6, 6.07) is 14.0. The third kappa shape index (κ3) is 9.87. The van der Waals surface area contributed by atoms with Crippen LogP contribution in [-0.4, -0.2) is 16.8 Å². The number of nitriles is 1. The molecule has 190 valence electrons. The molecule has 1 N–H and O–H groups in total. The highest BCUT2D eigenvalue weighted by molar-refractivity contribution is 7.95. The highest BCUT2D eigenvalue weighted by Gasteiger charge is 2.21. The van der Waals surface area contributed by atoms with Crippen molar-refractivity contribution in [2.75, 3.05) is 4.72 Å². The van der Waals surface area contributed by atoms with E-state index in [4.69, 9.17) is 5.26 Å². The second kappa shape index (κ2) is 14.7. The van der Waals surface area contributed by atoms with Crippen LogP contribution in [0, 0.1) is 11.3 Å². The molecule has 2 aromatic rings. The predicted molar refractivity (Wildman–Crippen MR) is 141 cm³/mol. The van der Waals surface area contributed by atoms with E-state index in [0.29, 0.717) is 0 Å². The molecule has 2 rings (SSSR count). The van der Waals surface area contributed by atoms with Crippen molar-refractivity contribution in [3.8, 4) is 6.07 Å². The Morgan fingerprint density at radius 1 is 0.800 bits per heavy atom. The highest BCUT2D eigenvalue weighted by Crippen LogP contribution is 2.26. The number of hydrogen-bond donors (Lipinski definition) is 1. The summed E-state index contributed by atoms with van der Waals surface area (Å²) >= 11 is 0. The first-order chi connectivity index (χ1) is 16.8. The molecule has 8 heteroatoms. The number of nitrogens with zero attached hydrogens (tertiary/aromatic N) is 1. The average molecular weight is 517 g/mol. The molecular formula is C27H36N2O4S2. The molecule has 0 amide bonds. The molecule has 0 aliphatic carbocycles. The Morgan fingerprint density at radius 3 is 1.97 bits per heavy atom. The van der Waals surface area contributed by atoms with Crippen LogP contribution in [0.4, 0.5) is 5.69 Å². The minimum absolute atomic E-state index is 0.0593. The number of hydrogen-bond acceptors (Lipinski definition) is 5. The lowest BCUT2D eigenvalue weighted by atomic mass is 10.0. The van der Waals surface area contributed by atoms with Gasteiger partial charge in [0.05, 0.1) is 21.5 Å². The largest absolute Gasteiger partial charge is 0.278 e. The summed E-state index contributed by atoms with van der Waals surface area (Å²) in [5.41, 5.74) is 1.01. The predicted octanol–water partition coefficient (Wildman–Crippen LogP) is 6.76. The molecule has 0 aliphatic heterocycles. The van der Waals surface area contributed by atoms with Gasteiger partial charge in [0.15, 0.2) is 0 Å². The minimum atomic E-state index is -3.98. The lowest BCUT2D eigenvalue weighted by Crippen LogP contribution is -2.15. The van der Waals surface area contributed by atoms with Gasteiger partial charge in [-0.25, -0.2) is 16.8 Å². The van der Waals surface area contributed by atoms with Crippen molar-refractivity contribution in [3.05, 3.63) is 65.6 Å². The molecule has 6 nitrogen and oxygen atoms in total. The number of nitrogens with one attached hydrogen (secondary N) is 1. The van der Waals surface area contributed by atoms with Gasteiger partial charge in [-0.3, -0.25) is 4.72 Å². The van der Waals surface area contributed by atoms with Crippen LogP contribution in [0.5, 0.6) is 0 Å². The van der Waals surface area contributed by atoms with Crippen molar-refractivity contribution in [1.82, 2.24) is 0 Å². The normalized spacial score (nSPS) is 12.0. The molecule has 0 bridgehead atoms. The number of sulfone groups is 1. The summed E-state index contributed by atoms with van der Waals surface area (Å²) < 4.78 is 53.0. The van der Waals surface area contributed by atoms with Crippen LogP contribution in [0.3, 0.4) is 0 Å². The van der Waals surface area contributed by atoms with E-state index in [0.717, 1.165) is 29.9 Å². The summed E-state index contributed by atoms with van der Waals surface area (Å²) in [6.07, 6.45) is 14.4. The number of aryl methyl sites for hydroxylation is 1. The van der Waals surface area contributed by atoms with Crippen molar-refractivity contribution in [2.24, 2.45) is 0 Å². The van der Waals surface area contributed by atoms with Crippen molar-refractivity contribution in [1.29, 1.82) is 5.26 Å². The Hall–Kier alpha value is -2.63. The van der Waals surface area contributed by atoms with Crippen LogP contribution in [0.25, 0.3) is 0 Å². The Labute approximate surface area is 211 Å². The molecule has 0 saturated heterocycles. The molecule has 0 aliphatic rings. The van der Waals surface area contributed by atoms with Gasteiger partial charge in [0, 0.05) is 11.5 Å². The molecule has 0 fully saturated rings. The minimum Gasteiger partial charge on any atom is -0.278 e. The number of sulfonamides is 1. The monoisotopic (exact) mass is 516 g/mol. The molecule has 0 saturated carbocycles. The van der Waals surface area contributed by atoms with E-state index in [-0.39, 0.29) is 15.5 Å². The van der Waals surface area contributed by atoms with Crippen LogP contribution in [0.15, 0.2) is 69.8 Å². The van der Waals surface area contributed by atoms with E-state index in [1.165, 1.54) is 76.0 Å². The van der Waals surface area contributed by atoms with Crippen molar-refractivity contribution in [3.63, 3.8) is 0 Å². The average Bonchev–Trinajstić information content (AvgIpc) is 2.84. The second-order valence-electron chi connectivity index (χ2n) is 8.65. The van der Waals surface area contributed by atoms with Gasteiger partial charge < -0.3 is 0 Å². The maximum Gasteiger partial charge on any atom is 0.261 e. The van der Waals surface area contributed by atoms with Gasteiger partial charge in [0.25, 0.3) is 10.0 Å². The van der Waals surface area contributed by atoms with Crippen molar-refractivity contribution >= 4 is 25.5 Å². The summed E-state index contributed by atoms with van der Waals surface area (Å²) in [5, 5.41) is 9.38. The molecular weight excluding hydrogens is 480 g/mol. The third-order valence-corrected chi connectivity index (χ3v) is 8.66. The summed E-state index contributed by atoms with van der Waals surface area (Å²) in [6.45, 7) is 2.23. The Kier molecular flexibility index (Phi) is 12.0. The Bertz CT molecular complexity index is 1200.